The molecule has 1 aromatic rings. The number of piperidine rings is 1. The molecule has 2 rings (SSSR count). The number of nitrogens with zero attached hydrogens (tertiary/aromatic N) is 2. The summed E-state index contributed by atoms with van der Waals surface area (Å²) in [4.78, 5) is 15.9. The highest BCUT2D eigenvalue weighted by Crippen LogP contribution is 2.14. The van der Waals surface area contributed by atoms with Gasteiger partial charge in [0, 0.05) is 25.4 Å². The molecule has 0 bridgehead atoms. The van der Waals surface area contributed by atoms with Crippen LogP contribution in [0.15, 0.2) is 12.4 Å². The largest absolute Gasteiger partial charge is 0.320 e. The average molecular weight is 208 g/mol. The van der Waals surface area contributed by atoms with Gasteiger partial charge in [-0.3, -0.25) is 10.1 Å². The van der Waals surface area contributed by atoms with Gasteiger partial charge in [-0.25, -0.2) is 4.98 Å². The molecule has 1 saturated heterocycles. The Bertz CT molecular complexity index is 341. The SMILES string of the molecule is Cn1ccnc1NC(=O)C1CCNCC1. The van der Waals surface area contributed by atoms with Gasteiger partial charge >= 0.3 is 0 Å². The van der Waals surface area contributed by atoms with E-state index in [-0.39, 0.29) is 11.8 Å². The minimum atomic E-state index is 0.0887. The van der Waals surface area contributed by atoms with Crippen molar-refractivity contribution in [3.05, 3.63) is 12.4 Å². The van der Waals surface area contributed by atoms with Gasteiger partial charge in [-0.2, -0.15) is 0 Å². The molecule has 0 unspecified atom stereocenters. The summed E-state index contributed by atoms with van der Waals surface area (Å²) in [6, 6.07) is 0. The van der Waals surface area contributed by atoms with Gasteiger partial charge in [0.2, 0.25) is 11.9 Å². The Balaban J connectivity index is 1.94. The summed E-state index contributed by atoms with van der Waals surface area (Å²) in [5, 5.41) is 6.08. The molecule has 0 radical (unpaired) electrons. The molecule has 1 aliphatic rings. The van der Waals surface area contributed by atoms with Gasteiger partial charge in [0.1, 0.15) is 0 Å². The number of rotatable bonds is 2. The molecule has 0 spiro atoms. The number of hydrogen-bond donors (Lipinski definition) is 2. The minimum absolute atomic E-state index is 0.0887. The number of aromatic nitrogens is 2. The number of anilines is 1. The molecule has 1 aromatic heterocycles. The summed E-state index contributed by atoms with van der Waals surface area (Å²) in [5.41, 5.74) is 0. The van der Waals surface area contributed by atoms with Crippen LogP contribution >= 0.6 is 0 Å². The predicted octanol–water partition coefficient (Wildman–Crippen LogP) is 0.358. The van der Waals surface area contributed by atoms with Crippen LogP contribution in [-0.4, -0.2) is 28.5 Å². The first-order chi connectivity index (χ1) is 7.27. The zero-order valence-electron chi connectivity index (χ0n) is 8.86. The Hall–Kier alpha value is -1.36. The van der Waals surface area contributed by atoms with Crippen LogP contribution in [0.3, 0.4) is 0 Å². The zero-order chi connectivity index (χ0) is 10.7. The van der Waals surface area contributed by atoms with Crippen LogP contribution in [0.5, 0.6) is 0 Å². The first kappa shape index (κ1) is 10.2. The van der Waals surface area contributed by atoms with Crippen molar-refractivity contribution in [2.45, 2.75) is 12.8 Å². The van der Waals surface area contributed by atoms with E-state index in [0.29, 0.717) is 5.95 Å². The topological polar surface area (TPSA) is 59.0 Å². The number of aryl methyl sites for hydroxylation is 1. The lowest BCUT2D eigenvalue weighted by molar-refractivity contribution is -0.120. The smallest absolute Gasteiger partial charge is 0.229 e. The second kappa shape index (κ2) is 4.44. The van der Waals surface area contributed by atoms with Crippen LogP contribution in [0.4, 0.5) is 5.95 Å². The number of carbonyl (C=O) groups is 1. The van der Waals surface area contributed by atoms with Crippen molar-refractivity contribution in [1.29, 1.82) is 0 Å². The Labute approximate surface area is 88.9 Å². The van der Waals surface area contributed by atoms with Crippen LogP contribution in [0.2, 0.25) is 0 Å². The van der Waals surface area contributed by atoms with Gasteiger partial charge in [0.25, 0.3) is 0 Å². The minimum Gasteiger partial charge on any atom is -0.320 e. The molecule has 1 aliphatic heterocycles. The highest BCUT2D eigenvalue weighted by molar-refractivity contribution is 5.91. The van der Waals surface area contributed by atoms with Gasteiger partial charge in [0.15, 0.2) is 0 Å². The van der Waals surface area contributed by atoms with Crippen LogP contribution in [0.25, 0.3) is 0 Å². The van der Waals surface area contributed by atoms with E-state index in [2.05, 4.69) is 15.6 Å². The first-order valence-corrected chi connectivity index (χ1v) is 5.26. The number of carbonyl (C=O) groups excluding carboxylic acids is 1. The van der Waals surface area contributed by atoms with Crippen molar-refractivity contribution in [1.82, 2.24) is 14.9 Å². The third kappa shape index (κ3) is 2.36. The number of imidazole rings is 1. The van der Waals surface area contributed by atoms with Crippen molar-refractivity contribution in [3.8, 4) is 0 Å². The first-order valence-electron chi connectivity index (χ1n) is 5.26. The van der Waals surface area contributed by atoms with E-state index in [0.717, 1.165) is 25.9 Å². The highest BCUT2D eigenvalue weighted by Gasteiger charge is 2.21. The van der Waals surface area contributed by atoms with Crippen LogP contribution in [-0.2, 0) is 11.8 Å². The molecule has 1 amide bonds. The second-order valence-corrected chi connectivity index (χ2v) is 3.88. The van der Waals surface area contributed by atoms with Gasteiger partial charge in [0.05, 0.1) is 0 Å². The molecular formula is C10H16N4O. The summed E-state index contributed by atoms with van der Waals surface area (Å²) < 4.78 is 1.80. The third-order valence-corrected chi connectivity index (χ3v) is 2.77. The zero-order valence-corrected chi connectivity index (χ0v) is 8.86. The van der Waals surface area contributed by atoms with Crippen molar-refractivity contribution < 1.29 is 4.79 Å². The maximum absolute atomic E-state index is 11.8. The fourth-order valence-electron chi connectivity index (χ4n) is 1.78. The molecule has 0 atom stereocenters. The lowest BCUT2D eigenvalue weighted by Crippen LogP contribution is -2.35. The monoisotopic (exact) mass is 208 g/mol. The normalized spacial score (nSPS) is 17.7. The molecule has 0 aromatic carbocycles. The molecule has 5 heteroatoms. The van der Waals surface area contributed by atoms with E-state index in [1.165, 1.54) is 0 Å². The fraction of sp³-hybridized carbons (Fsp3) is 0.600. The summed E-state index contributed by atoms with van der Waals surface area (Å²) in [6.07, 6.45) is 5.32. The Morgan fingerprint density at radius 3 is 2.93 bits per heavy atom. The molecule has 5 nitrogen and oxygen atoms in total. The lowest BCUT2D eigenvalue weighted by Gasteiger charge is -2.21. The molecule has 2 heterocycles. The average Bonchev–Trinajstić information content (AvgIpc) is 2.66. The molecule has 2 N–H and O–H groups in total. The van der Waals surface area contributed by atoms with Crippen molar-refractivity contribution >= 4 is 11.9 Å². The van der Waals surface area contributed by atoms with Crippen molar-refractivity contribution in [3.63, 3.8) is 0 Å². The van der Waals surface area contributed by atoms with E-state index in [1.807, 2.05) is 13.2 Å². The number of nitrogens with one attached hydrogen (secondary N) is 2. The van der Waals surface area contributed by atoms with Gasteiger partial charge in [-0.15, -0.1) is 0 Å². The van der Waals surface area contributed by atoms with E-state index >= 15 is 0 Å². The van der Waals surface area contributed by atoms with Crippen LogP contribution in [0.1, 0.15) is 12.8 Å². The van der Waals surface area contributed by atoms with E-state index in [9.17, 15) is 4.79 Å². The molecule has 0 aliphatic carbocycles. The predicted molar refractivity (Wildman–Crippen MR) is 57.4 cm³/mol. The fourth-order valence-corrected chi connectivity index (χ4v) is 1.78. The van der Waals surface area contributed by atoms with Gasteiger partial charge in [-0.1, -0.05) is 0 Å². The maximum Gasteiger partial charge on any atom is 0.229 e. The Morgan fingerprint density at radius 1 is 1.60 bits per heavy atom. The van der Waals surface area contributed by atoms with Crippen molar-refractivity contribution in [2.75, 3.05) is 18.4 Å². The summed E-state index contributed by atoms with van der Waals surface area (Å²) in [7, 11) is 1.87. The summed E-state index contributed by atoms with van der Waals surface area (Å²) in [5.74, 6) is 0.840. The highest BCUT2D eigenvalue weighted by atomic mass is 16.2. The Morgan fingerprint density at radius 2 is 2.33 bits per heavy atom. The summed E-state index contributed by atoms with van der Waals surface area (Å²) in [6.45, 7) is 1.86. The van der Waals surface area contributed by atoms with E-state index < -0.39 is 0 Å². The second-order valence-electron chi connectivity index (χ2n) is 3.88. The number of amides is 1. The number of hydrogen-bond acceptors (Lipinski definition) is 3. The summed E-state index contributed by atoms with van der Waals surface area (Å²) >= 11 is 0. The quantitative estimate of drug-likeness (QED) is 0.737. The Kier molecular flexibility index (Phi) is 3.01. The van der Waals surface area contributed by atoms with Crippen LogP contribution < -0.4 is 10.6 Å². The molecule has 15 heavy (non-hydrogen) atoms. The van der Waals surface area contributed by atoms with Gasteiger partial charge < -0.3 is 9.88 Å². The lowest BCUT2D eigenvalue weighted by atomic mass is 9.97. The molecular weight excluding hydrogens is 192 g/mol. The van der Waals surface area contributed by atoms with E-state index in [1.54, 1.807) is 10.8 Å². The van der Waals surface area contributed by atoms with Crippen LogP contribution in [0, 0.1) is 5.92 Å². The molecule has 0 saturated carbocycles. The molecule has 82 valence electrons. The maximum atomic E-state index is 11.8. The molecule has 1 fully saturated rings. The van der Waals surface area contributed by atoms with Gasteiger partial charge in [-0.05, 0) is 25.9 Å². The van der Waals surface area contributed by atoms with Crippen molar-refractivity contribution in [2.24, 2.45) is 13.0 Å². The standard InChI is InChI=1S/C10H16N4O/c1-14-7-6-12-10(14)13-9(15)8-2-4-11-5-3-8/h6-8,11H,2-5H2,1H3,(H,12,13,15). The van der Waals surface area contributed by atoms with E-state index in [4.69, 9.17) is 0 Å². The third-order valence-electron chi connectivity index (χ3n) is 2.77.